The third kappa shape index (κ3) is 3.89. The summed E-state index contributed by atoms with van der Waals surface area (Å²) in [6.45, 7) is 0.730. The lowest BCUT2D eigenvalue weighted by Gasteiger charge is -2.11. The van der Waals surface area contributed by atoms with Crippen molar-refractivity contribution >= 4 is 16.8 Å². The molecule has 0 radical (unpaired) electrons. The van der Waals surface area contributed by atoms with Crippen LogP contribution in [0.5, 0.6) is 0 Å². The highest BCUT2D eigenvalue weighted by atomic mass is 16.2. The van der Waals surface area contributed by atoms with Gasteiger partial charge >= 0.3 is 0 Å². The van der Waals surface area contributed by atoms with Crippen molar-refractivity contribution < 1.29 is 4.79 Å². The second-order valence-corrected chi connectivity index (χ2v) is 6.97. The standard InChI is InChI=1S/C21H22N4O2/c26-20-13-19(15-5-1-2-6-15)23-14-25(20)12-11-22-21(27)18-10-9-16-7-3-4-8-17(16)24-18/h3-4,7-10,13-15H,1-2,5-6,11-12H2,(H,22,27). The predicted octanol–water partition coefficient (Wildman–Crippen LogP) is 2.88. The van der Waals surface area contributed by atoms with Crippen LogP contribution in [0.3, 0.4) is 0 Å². The van der Waals surface area contributed by atoms with Gasteiger partial charge < -0.3 is 5.32 Å². The summed E-state index contributed by atoms with van der Waals surface area (Å²) in [5, 5.41) is 3.81. The molecule has 2 heterocycles. The number of hydrogen-bond acceptors (Lipinski definition) is 4. The fraction of sp³-hybridized carbons (Fsp3) is 0.333. The van der Waals surface area contributed by atoms with E-state index >= 15 is 0 Å². The molecule has 6 nitrogen and oxygen atoms in total. The molecule has 0 aliphatic heterocycles. The van der Waals surface area contributed by atoms with E-state index in [1.165, 1.54) is 17.4 Å². The van der Waals surface area contributed by atoms with Gasteiger partial charge in [-0.1, -0.05) is 37.1 Å². The van der Waals surface area contributed by atoms with Crippen molar-refractivity contribution in [1.29, 1.82) is 0 Å². The summed E-state index contributed by atoms with van der Waals surface area (Å²) in [5.74, 6) is 0.176. The van der Waals surface area contributed by atoms with Crippen LogP contribution in [0.15, 0.2) is 53.6 Å². The number of benzene rings is 1. The summed E-state index contributed by atoms with van der Waals surface area (Å²) in [5.41, 5.74) is 1.99. The average Bonchev–Trinajstić information content (AvgIpc) is 3.23. The summed E-state index contributed by atoms with van der Waals surface area (Å²) < 4.78 is 1.53. The maximum Gasteiger partial charge on any atom is 0.269 e. The lowest BCUT2D eigenvalue weighted by molar-refractivity contribution is 0.0947. The first-order valence-electron chi connectivity index (χ1n) is 9.41. The number of nitrogens with zero attached hydrogens (tertiary/aromatic N) is 3. The Kier molecular flexibility index (Phi) is 4.96. The zero-order chi connectivity index (χ0) is 18.6. The van der Waals surface area contributed by atoms with Crippen LogP contribution in [-0.4, -0.2) is 27.0 Å². The molecule has 2 aromatic heterocycles. The van der Waals surface area contributed by atoms with Crippen LogP contribution in [0.1, 0.15) is 47.8 Å². The molecule has 1 aliphatic rings. The van der Waals surface area contributed by atoms with Gasteiger partial charge in [0.05, 0.1) is 17.5 Å². The Morgan fingerprint density at radius 1 is 1.15 bits per heavy atom. The third-order valence-corrected chi connectivity index (χ3v) is 5.14. The van der Waals surface area contributed by atoms with E-state index in [9.17, 15) is 9.59 Å². The van der Waals surface area contributed by atoms with Gasteiger partial charge in [-0.3, -0.25) is 14.2 Å². The highest BCUT2D eigenvalue weighted by Gasteiger charge is 2.19. The Bertz CT molecular complexity index is 1020. The monoisotopic (exact) mass is 362 g/mol. The molecule has 27 heavy (non-hydrogen) atoms. The molecule has 6 heteroatoms. The minimum absolute atomic E-state index is 0.0648. The molecule has 1 amide bonds. The molecule has 1 aromatic carbocycles. The SMILES string of the molecule is O=C(NCCn1cnc(C2CCCC2)cc1=O)c1ccc2ccccc2n1. The third-order valence-electron chi connectivity index (χ3n) is 5.14. The molecule has 138 valence electrons. The molecular formula is C21H22N4O2. The van der Waals surface area contributed by atoms with Gasteiger partial charge in [0.1, 0.15) is 5.69 Å². The van der Waals surface area contributed by atoms with Gasteiger partial charge in [0.15, 0.2) is 0 Å². The molecule has 1 fully saturated rings. The Morgan fingerprint density at radius 3 is 2.78 bits per heavy atom. The number of carbonyl (C=O) groups is 1. The van der Waals surface area contributed by atoms with Gasteiger partial charge in [0.25, 0.3) is 11.5 Å². The number of pyridine rings is 1. The van der Waals surface area contributed by atoms with E-state index in [0.717, 1.165) is 29.4 Å². The van der Waals surface area contributed by atoms with Crippen molar-refractivity contribution in [2.45, 2.75) is 38.1 Å². The topological polar surface area (TPSA) is 76.9 Å². The summed E-state index contributed by atoms with van der Waals surface area (Å²) in [7, 11) is 0. The van der Waals surface area contributed by atoms with E-state index in [4.69, 9.17) is 0 Å². The zero-order valence-corrected chi connectivity index (χ0v) is 15.1. The smallest absolute Gasteiger partial charge is 0.269 e. The van der Waals surface area contributed by atoms with Crippen molar-refractivity contribution in [3.63, 3.8) is 0 Å². The summed E-state index contributed by atoms with van der Waals surface area (Å²) >= 11 is 0. The van der Waals surface area contributed by atoms with Gasteiger partial charge in [-0.2, -0.15) is 0 Å². The number of hydrogen-bond donors (Lipinski definition) is 1. The van der Waals surface area contributed by atoms with Crippen LogP contribution in [0.4, 0.5) is 0 Å². The fourth-order valence-electron chi connectivity index (χ4n) is 3.63. The van der Waals surface area contributed by atoms with Gasteiger partial charge in [-0.25, -0.2) is 9.97 Å². The van der Waals surface area contributed by atoms with Crippen molar-refractivity contribution in [2.75, 3.05) is 6.54 Å². The van der Waals surface area contributed by atoms with Crippen molar-refractivity contribution in [3.8, 4) is 0 Å². The molecule has 4 rings (SSSR count). The van der Waals surface area contributed by atoms with Crippen LogP contribution in [0.25, 0.3) is 10.9 Å². The molecule has 0 saturated heterocycles. The number of fused-ring (bicyclic) bond motifs is 1. The molecule has 0 bridgehead atoms. The second kappa shape index (κ2) is 7.70. The normalized spacial score (nSPS) is 14.5. The maximum absolute atomic E-state index is 12.3. The van der Waals surface area contributed by atoms with Crippen LogP contribution < -0.4 is 10.9 Å². The van der Waals surface area contributed by atoms with Crippen molar-refractivity contribution in [1.82, 2.24) is 19.9 Å². The molecule has 0 unspecified atom stereocenters. The highest BCUT2D eigenvalue weighted by molar-refractivity contribution is 5.94. The lowest BCUT2D eigenvalue weighted by atomic mass is 10.0. The van der Waals surface area contributed by atoms with E-state index in [1.54, 1.807) is 18.5 Å². The minimum Gasteiger partial charge on any atom is -0.349 e. The van der Waals surface area contributed by atoms with Crippen LogP contribution >= 0.6 is 0 Å². The fourth-order valence-corrected chi connectivity index (χ4v) is 3.63. The number of amides is 1. The van der Waals surface area contributed by atoms with E-state index in [-0.39, 0.29) is 11.5 Å². The molecule has 1 N–H and O–H groups in total. The van der Waals surface area contributed by atoms with E-state index < -0.39 is 0 Å². The van der Waals surface area contributed by atoms with Crippen LogP contribution in [0, 0.1) is 0 Å². The first kappa shape index (κ1) is 17.4. The Morgan fingerprint density at radius 2 is 1.96 bits per heavy atom. The molecule has 0 atom stereocenters. The average molecular weight is 362 g/mol. The summed E-state index contributed by atoms with van der Waals surface area (Å²) in [6.07, 6.45) is 6.25. The minimum atomic E-state index is -0.246. The van der Waals surface area contributed by atoms with Gasteiger partial charge in [-0.15, -0.1) is 0 Å². The first-order chi connectivity index (χ1) is 13.2. The molecular weight excluding hydrogens is 340 g/mol. The highest BCUT2D eigenvalue weighted by Crippen LogP contribution is 2.32. The first-order valence-corrected chi connectivity index (χ1v) is 9.41. The number of nitrogens with one attached hydrogen (secondary N) is 1. The Hall–Kier alpha value is -3.02. The molecule has 1 saturated carbocycles. The molecule has 1 aliphatic carbocycles. The van der Waals surface area contributed by atoms with Gasteiger partial charge in [0.2, 0.25) is 0 Å². The molecule has 0 spiro atoms. The summed E-state index contributed by atoms with van der Waals surface area (Å²) in [4.78, 5) is 33.4. The number of carbonyl (C=O) groups excluding carboxylic acids is 1. The predicted molar refractivity (Wildman–Crippen MR) is 104 cm³/mol. The van der Waals surface area contributed by atoms with Gasteiger partial charge in [0, 0.05) is 30.5 Å². The van der Waals surface area contributed by atoms with Crippen LogP contribution in [0.2, 0.25) is 0 Å². The summed E-state index contributed by atoms with van der Waals surface area (Å²) in [6, 6.07) is 12.9. The number of para-hydroxylation sites is 1. The molecule has 3 aromatic rings. The lowest BCUT2D eigenvalue weighted by Crippen LogP contribution is -2.31. The van der Waals surface area contributed by atoms with E-state index in [1.807, 2.05) is 30.3 Å². The Labute approximate surface area is 157 Å². The van der Waals surface area contributed by atoms with E-state index in [0.29, 0.717) is 24.7 Å². The zero-order valence-electron chi connectivity index (χ0n) is 15.1. The Balaban J connectivity index is 1.37. The van der Waals surface area contributed by atoms with Crippen molar-refractivity contribution in [3.05, 3.63) is 70.5 Å². The van der Waals surface area contributed by atoms with Gasteiger partial charge in [-0.05, 0) is 25.0 Å². The second-order valence-electron chi connectivity index (χ2n) is 6.97. The maximum atomic E-state index is 12.3. The van der Waals surface area contributed by atoms with Crippen molar-refractivity contribution in [2.24, 2.45) is 0 Å². The number of rotatable bonds is 5. The largest absolute Gasteiger partial charge is 0.349 e. The number of aromatic nitrogens is 3. The van der Waals surface area contributed by atoms with E-state index in [2.05, 4.69) is 15.3 Å². The quantitative estimate of drug-likeness (QED) is 0.757. The van der Waals surface area contributed by atoms with Crippen LogP contribution in [-0.2, 0) is 6.54 Å².